The van der Waals surface area contributed by atoms with Crippen LogP contribution in [0.15, 0.2) is 24.3 Å². The Morgan fingerprint density at radius 3 is 2.61 bits per heavy atom. The molecule has 100 valence electrons. The third kappa shape index (κ3) is 3.27. The fraction of sp³-hybridized carbons (Fsp3) is 0.625. The third-order valence-corrected chi connectivity index (χ3v) is 4.61. The average Bonchev–Trinajstić information content (AvgIpc) is 2.33. The van der Waals surface area contributed by atoms with Crippen LogP contribution >= 0.6 is 11.6 Å². The van der Waals surface area contributed by atoms with Gasteiger partial charge in [-0.15, -0.1) is 0 Å². The van der Waals surface area contributed by atoms with E-state index in [0.717, 1.165) is 16.9 Å². The van der Waals surface area contributed by atoms with Crippen molar-refractivity contribution in [2.75, 3.05) is 0 Å². The van der Waals surface area contributed by atoms with Crippen molar-refractivity contribution in [1.82, 2.24) is 5.32 Å². The largest absolute Gasteiger partial charge is 0.307 e. The van der Waals surface area contributed by atoms with Gasteiger partial charge in [0.15, 0.2) is 0 Å². The maximum Gasteiger partial charge on any atom is 0.0453 e. The summed E-state index contributed by atoms with van der Waals surface area (Å²) in [6.07, 6.45) is 3.97. The summed E-state index contributed by atoms with van der Waals surface area (Å²) in [6.45, 7) is 6.95. The highest BCUT2D eigenvalue weighted by molar-refractivity contribution is 6.31. The smallest absolute Gasteiger partial charge is 0.0453 e. The predicted molar refractivity (Wildman–Crippen MR) is 79.0 cm³/mol. The van der Waals surface area contributed by atoms with Gasteiger partial charge >= 0.3 is 0 Å². The zero-order valence-electron chi connectivity index (χ0n) is 11.6. The average molecular weight is 266 g/mol. The maximum atomic E-state index is 6.26. The summed E-state index contributed by atoms with van der Waals surface area (Å²) < 4.78 is 0. The van der Waals surface area contributed by atoms with E-state index in [0.29, 0.717) is 12.1 Å². The van der Waals surface area contributed by atoms with Gasteiger partial charge in [0.2, 0.25) is 0 Å². The van der Waals surface area contributed by atoms with Gasteiger partial charge in [0, 0.05) is 17.1 Å². The van der Waals surface area contributed by atoms with E-state index in [1.54, 1.807) is 0 Å². The Hall–Kier alpha value is -0.530. The van der Waals surface area contributed by atoms with Crippen LogP contribution in [-0.2, 0) is 0 Å². The Morgan fingerprint density at radius 2 is 1.94 bits per heavy atom. The van der Waals surface area contributed by atoms with Crippen molar-refractivity contribution in [3.05, 3.63) is 34.9 Å². The van der Waals surface area contributed by atoms with Crippen molar-refractivity contribution >= 4 is 11.6 Å². The summed E-state index contributed by atoms with van der Waals surface area (Å²) in [7, 11) is 0. The summed E-state index contributed by atoms with van der Waals surface area (Å²) in [5.74, 6) is 1.65. The monoisotopic (exact) mass is 265 g/mol. The van der Waals surface area contributed by atoms with Crippen LogP contribution in [0.1, 0.15) is 51.6 Å². The Morgan fingerprint density at radius 1 is 1.22 bits per heavy atom. The van der Waals surface area contributed by atoms with Crippen molar-refractivity contribution in [3.63, 3.8) is 0 Å². The molecule has 0 aromatic heterocycles. The summed E-state index contributed by atoms with van der Waals surface area (Å²) >= 11 is 6.26. The summed E-state index contributed by atoms with van der Waals surface area (Å²) in [5, 5.41) is 4.63. The number of benzene rings is 1. The highest BCUT2D eigenvalue weighted by Crippen LogP contribution is 2.31. The molecule has 1 aliphatic rings. The van der Waals surface area contributed by atoms with E-state index in [9.17, 15) is 0 Å². The van der Waals surface area contributed by atoms with Crippen LogP contribution in [0, 0.1) is 11.8 Å². The fourth-order valence-corrected chi connectivity index (χ4v) is 3.45. The molecule has 1 N–H and O–H groups in total. The molecule has 0 aliphatic heterocycles. The molecule has 0 bridgehead atoms. The van der Waals surface area contributed by atoms with E-state index in [2.05, 4.69) is 38.2 Å². The molecule has 18 heavy (non-hydrogen) atoms. The number of rotatable bonds is 3. The van der Waals surface area contributed by atoms with E-state index in [1.807, 2.05) is 12.1 Å². The van der Waals surface area contributed by atoms with Gasteiger partial charge < -0.3 is 5.32 Å². The lowest BCUT2D eigenvalue weighted by Gasteiger charge is -2.35. The predicted octanol–water partition coefficient (Wildman–Crippen LogP) is 4.82. The Bertz CT molecular complexity index is 390. The van der Waals surface area contributed by atoms with Gasteiger partial charge in [0.1, 0.15) is 0 Å². The molecule has 1 nitrogen and oxygen atoms in total. The molecule has 3 unspecified atom stereocenters. The summed E-state index contributed by atoms with van der Waals surface area (Å²) in [5.41, 5.74) is 1.21. The second kappa shape index (κ2) is 6.08. The van der Waals surface area contributed by atoms with Crippen molar-refractivity contribution in [2.24, 2.45) is 11.8 Å². The van der Waals surface area contributed by atoms with Gasteiger partial charge in [-0.05, 0) is 49.7 Å². The standard InChI is InChI=1S/C16H24ClN/c1-11-8-9-16(12(2)10-11)18-13(3)14-6-4-5-7-15(14)17/h4-7,11-13,16,18H,8-10H2,1-3H3/t11?,12?,13-,16?/m0/s1. The molecule has 1 fully saturated rings. The highest BCUT2D eigenvalue weighted by atomic mass is 35.5. The van der Waals surface area contributed by atoms with Gasteiger partial charge in [0.05, 0.1) is 0 Å². The van der Waals surface area contributed by atoms with E-state index >= 15 is 0 Å². The van der Waals surface area contributed by atoms with Crippen molar-refractivity contribution in [1.29, 1.82) is 0 Å². The molecule has 0 amide bonds. The molecular formula is C16H24ClN. The third-order valence-electron chi connectivity index (χ3n) is 4.27. The minimum Gasteiger partial charge on any atom is -0.307 e. The number of halogens is 1. The molecule has 4 atom stereocenters. The van der Waals surface area contributed by atoms with Gasteiger partial charge in [-0.25, -0.2) is 0 Å². The van der Waals surface area contributed by atoms with Gasteiger partial charge in [-0.1, -0.05) is 43.6 Å². The second-order valence-corrected chi connectivity index (χ2v) is 6.32. The Balaban J connectivity index is 1.99. The second-order valence-electron chi connectivity index (χ2n) is 5.91. The molecule has 2 heteroatoms. The molecule has 0 saturated heterocycles. The molecular weight excluding hydrogens is 242 g/mol. The summed E-state index contributed by atoms with van der Waals surface area (Å²) in [6, 6.07) is 9.11. The van der Waals surface area contributed by atoms with Crippen LogP contribution in [0.2, 0.25) is 5.02 Å². The van der Waals surface area contributed by atoms with E-state index in [1.165, 1.54) is 24.8 Å². The molecule has 0 radical (unpaired) electrons. The fourth-order valence-electron chi connectivity index (χ4n) is 3.15. The zero-order valence-corrected chi connectivity index (χ0v) is 12.4. The van der Waals surface area contributed by atoms with Crippen LogP contribution in [0.5, 0.6) is 0 Å². The minimum atomic E-state index is 0.333. The van der Waals surface area contributed by atoms with E-state index < -0.39 is 0 Å². The van der Waals surface area contributed by atoms with Gasteiger partial charge in [-0.2, -0.15) is 0 Å². The number of hydrogen-bond acceptors (Lipinski definition) is 1. The normalized spacial score (nSPS) is 30.1. The first-order chi connectivity index (χ1) is 8.58. The molecule has 2 rings (SSSR count). The van der Waals surface area contributed by atoms with Crippen molar-refractivity contribution in [3.8, 4) is 0 Å². The van der Waals surface area contributed by atoms with Crippen molar-refractivity contribution in [2.45, 2.75) is 52.1 Å². The summed E-state index contributed by atoms with van der Waals surface area (Å²) in [4.78, 5) is 0. The lowest BCUT2D eigenvalue weighted by molar-refractivity contribution is 0.216. The molecule has 1 saturated carbocycles. The topological polar surface area (TPSA) is 12.0 Å². The quantitative estimate of drug-likeness (QED) is 0.827. The van der Waals surface area contributed by atoms with Crippen LogP contribution in [0.4, 0.5) is 0 Å². The SMILES string of the molecule is CC1CCC(N[C@@H](C)c2ccccc2Cl)C(C)C1. The minimum absolute atomic E-state index is 0.333. The van der Waals surface area contributed by atoms with Crippen LogP contribution < -0.4 is 5.32 Å². The lowest BCUT2D eigenvalue weighted by atomic mass is 9.79. The molecule has 0 spiro atoms. The van der Waals surface area contributed by atoms with Gasteiger partial charge in [0.25, 0.3) is 0 Å². The lowest BCUT2D eigenvalue weighted by Crippen LogP contribution is -2.40. The molecule has 1 aromatic rings. The first-order valence-electron chi connectivity index (χ1n) is 7.08. The zero-order chi connectivity index (χ0) is 13.1. The van der Waals surface area contributed by atoms with Gasteiger partial charge in [-0.3, -0.25) is 0 Å². The van der Waals surface area contributed by atoms with Crippen LogP contribution in [-0.4, -0.2) is 6.04 Å². The number of hydrogen-bond donors (Lipinski definition) is 1. The highest BCUT2D eigenvalue weighted by Gasteiger charge is 2.26. The Labute approximate surface area is 116 Å². The molecule has 0 heterocycles. The first-order valence-corrected chi connectivity index (χ1v) is 7.46. The van der Waals surface area contributed by atoms with Crippen molar-refractivity contribution < 1.29 is 0 Å². The van der Waals surface area contributed by atoms with E-state index in [4.69, 9.17) is 11.6 Å². The number of nitrogens with one attached hydrogen (secondary N) is 1. The molecule has 1 aromatic carbocycles. The first kappa shape index (κ1) is 13.9. The maximum absolute atomic E-state index is 6.26. The molecule has 1 aliphatic carbocycles. The van der Waals surface area contributed by atoms with E-state index in [-0.39, 0.29) is 0 Å². The van der Waals surface area contributed by atoms with Crippen LogP contribution in [0.3, 0.4) is 0 Å². The van der Waals surface area contributed by atoms with Crippen LogP contribution in [0.25, 0.3) is 0 Å². The Kier molecular flexibility index (Phi) is 4.69.